The third-order valence-electron chi connectivity index (χ3n) is 4.75. The molecule has 2 saturated heterocycles. The molecule has 2 heterocycles. The van der Waals surface area contributed by atoms with E-state index in [0.29, 0.717) is 6.04 Å². The van der Waals surface area contributed by atoms with Gasteiger partial charge < -0.3 is 5.32 Å². The molecule has 0 aromatic heterocycles. The van der Waals surface area contributed by atoms with Crippen LogP contribution in [0.1, 0.15) is 38.2 Å². The average molecular weight is 358 g/mol. The van der Waals surface area contributed by atoms with E-state index in [1.165, 1.54) is 31.2 Å². The zero-order valence-electron chi connectivity index (χ0n) is 11.9. The minimum absolute atomic E-state index is 0.713. The molecule has 2 atom stereocenters. The van der Waals surface area contributed by atoms with Gasteiger partial charge in [-0.25, -0.2) is 0 Å². The fourth-order valence-electron chi connectivity index (χ4n) is 3.71. The van der Waals surface area contributed by atoms with Crippen molar-refractivity contribution in [2.75, 3.05) is 6.54 Å². The second-order valence-electron chi connectivity index (χ2n) is 6.06. The van der Waals surface area contributed by atoms with Crippen LogP contribution in [0.15, 0.2) is 22.7 Å². The highest BCUT2D eigenvalue weighted by molar-refractivity contribution is 9.10. The Balaban J connectivity index is 1.72. The molecule has 2 aliphatic heterocycles. The molecule has 110 valence electrons. The van der Waals surface area contributed by atoms with Crippen molar-refractivity contribution < 1.29 is 0 Å². The zero-order valence-corrected chi connectivity index (χ0v) is 14.3. The summed E-state index contributed by atoms with van der Waals surface area (Å²) in [5.41, 5.74) is 1.30. The van der Waals surface area contributed by atoms with Crippen LogP contribution in [0, 0.1) is 0 Å². The number of hydrogen-bond donors (Lipinski definition) is 1. The SMILES string of the molecule is CCN(Cc1cc(Cl)ccc1Br)C1CC2CCC(C1)N2. The first-order valence-electron chi connectivity index (χ1n) is 7.59. The molecular formula is C16H22BrClN2. The molecule has 1 aromatic carbocycles. The maximum atomic E-state index is 6.14. The first-order valence-corrected chi connectivity index (χ1v) is 8.77. The molecule has 2 aliphatic rings. The molecule has 0 amide bonds. The molecular weight excluding hydrogens is 336 g/mol. The van der Waals surface area contributed by atoms with E-state index in [-0.39, 0.29) is 0 Å². The van der Waals surface area contributed by atoms with Gasteiger partial charge in [0.15, 0.2) is 0 Å². The number of nitrogens with one attached hydrogen (secondary N) is 1. The fourth-order valence-corrected chi connectivity index (χ4v) is 4.27. The van der Waals surface area contributed by atoms with E-state index in [4.69, 9.17) is 11.6 Å². The van der Waals surface area contributed by atoms with Crippen molar-refractivity contribution in [1.82, 2.24) is 10.2 Å². The Morgan fingerprint density at radius 1 is 1.30 bits per heavy atom. The van der Waals surface area contributed by atoms with Crippen LogP contribution in [-0.2, 0) is 6.54 Å². The Bertz CT molecular complexity index is 468. The van der Waals surface area contributed by atoms with E-state index in [1.807, 2.05) is 6.07 Å². The lowest BCUT2D eigenvalue weighted by atomic mass is 9.97. The Morgan fingerprint density at radius 2 is 2.00 bits per heavy atom. The molecule has 0 spiro atoms. The van der Waals surface area contributed by atoms with Crippen molar-refractivity contribution in [3.63, 3.8) is 0 Å². The van der Waals surface area contributed by atoms with Crippen molar-refractivity contribution in [1.29, 1.82) is 0 Å². The van der Waals surface area contributed by atoms with Gasteiger partial charge in [-0.2, -0.15) is 0 Å². The number of nitrogens with zero attached hydrogens (tertiary/aromatic N) is 1. The molecule has 0 saturated carbocycles. The summed E-state index contributed by atoms with van der Waals surface area (Å²) in [5.74, 6) is 0. The maximum absolute atomic E-state index is 6.14. The predicted octanol–water partition coefficient (Wildman–Crippen LogP) is 4.21. The topological polar surface area (TPSA) is 15.3 Å². The summed E-state index contributed by atoms with van der Waals surface area (Å²) in [5, 5.41) is 4.55. The average Bonchev–Trinajstić information content (AvgIpc) is 2.78. The number of halogens is 2. The van der Waals surface area contributed by atoms with Gasteiger partial charge >= 0.3 is 0 Å². The third kappa shape index (κ3) is 3.22. The normalized spacial score (nSPS) is 29.1. The molecule has 1 aromatic rings. The summed E-state index contributed by atoms with van der Waals surface area (Å²) in [6.07, 6.45) is 5.31. The van der Waals surface area contributed by atoms with Crippen LogP contribution in [0.3, 0.4) is 0 Å². The smallest absolute Gasteiger partial charge is 0.0410 e. The van der Waals surface area contributed by atoms with Gasteiger partial charge in [0.1, 0.15) is 0 Å². The van der Waals surface area contributed by atoms with E-state index in [1.54, 1.807) is 0 Å². The summed E-state index contributed by atoms with van der Waals surface area (Å²) in [7, 11) is 0. The second-order valence-corrected chi connectivity index (χ2v) is 7.35. The summed E-state index contributed by atoms with van der Waals surface area (Å²) in [6, 6.07) is 8.29. The van der Waals surface area contributed by atoms with Gasteiger partial charge in [-0.15, -0.1) is 0 Å². The molecule has 0 aliphatic carbocycles. The van der Waals surface area contributed by atoms with Crippen molar-refractivity contribution >= 4 is 27.5 Å². The van der Waals surface area contributed by atoms with Crippen LogP contribution < -0.4 is 5.32 Å². The number of benzene rings is 1. The van der Waals surface area contributed by atoms with Gasteiger partial charge in [0.05, 0.1) is 0 Å². The highest BCUT2D eigenvalue weighted by Crippen LogP contribution is 2.31. The van der Waals surface area contributed by atoms with E-state index < -0.39 is 0 Å². The van der Waals surface area contributed by atoms with Crippen LogP contribution in [0.2, 0.25) is 5.02 Å². The molecule has 2 unspecified atom stereocenters. The zero-order chi connectivity index (χ0) is 14.1. The molecule has 20 heavy (non-hydrogen) atoms. The van der Waals surface area contributed by atoms with Crippen LogP contribution in [-0.4, -0.2) is 29.6 Å². The van der Waals surface area contributed by atoms with Crippen molar-refractivity contribution in [3.8, 4) is 0 Å². The standard InChI is InChI=1S/C16H22BrClN2/c1-2-20(10-11-7-12(18)3-6-16(11)17)15-8-13-4-5-14(9-15)19-13/h3,6-7,13-15,19H,2,4-5,8-10H2,1H3. The van der Waals surface area contributed by atoms with Gasteiger partial charge in [0, 0.05) is 34.2 Å². The quantitative estimate of drug-likeness (QED) is 0.868. The van der Waals surface area contributed by atoms with Crippen LogP contribution in [0.5, 0.6) is 0 Å². The Hall–Kier alpha value is -0.0900. The fraction of sp³-hybridized carbons (Fsp3) is 0.625. The highest BCUT2D eigenvalue weighted by atomic mass is 79.9. The molecule has 1 N–H and O–H groups in total. The summed E-state index contributed by atoms with van der Waals surface area (Å²) in [6.45, 7) is 4.35. The lowest BCUT2D eigenvalue weighted by molar-refractivity contribution is 0.140. The van der Waals surface area contributed by atoms with Gasteiger partial charge in [0.25, 0.3) is 0 Å². The Labute approximate surface area is 135 Å². The lowest BCUT2D eigenvalue weighted by Gasteiger charge is -2.37. The first-order chi connectivity index (χ1) is 9.65. The molecule has 2 fully saturated rings. The van der Waals surface area contributed by atoms with Crippen LogP contribution in [0.4, 0.5) is 0 Å². The number of hydrogen-bond acceptors (Lipinski definition) is 2. The Morgan fingerprint density at radius 3 is 2.65 bits per heavy atom. The number of piperidine rings is 1. The van der Waals surface area contributed by atoms with Crippen molar-refractivity contribution in [3.05, 3.63) is 33.3 Å². The molecule has 2 nitrogen and oxygen atoms in total. The minimum Gasteiger partial charge on any atom is -0.311 e. The third-order valence-corrected chi connectivity index (χ3v) is 5.76. The van der Waals surface area contributed by atoms with Crippen LogP contribution >= 0.6 is 27.5 Å². The summed E-state index contributed by atoms with van der Waals surface area (Å²) < 4.78 is 1.16. The van der Waals surface area contributed by atoms with Crippen molar-refractivity contribution in [2.24, 2.45) is 0 Å². The molecule has 0 radical (unpaired) electrons. The van der Waals surface area contributed by atoms with E-state index in [0.717, 1.165) is 34.7 Å². The first kappa shape index (κ1) is 14.8. The summed E-state index contributed by atoms with van der Waals surface area (Å²) >= 11 is 9.79. The van der Waals surface area contributed by atoms with Crippen molar-refractivity contribution in [2.45, 2.75) is 57.3 Å². The molecule has 3 rings (SSSR count). The monoisotopic (exact) mass is 356 g/mol. The van der Waals surface area contributed by atoms with Gasteiger partial charge in [-0.1, -0.05) is 34.5 Å². The lowest BCUT2D eigenvalue weighted by Crippen LogP contribution is -2.47. The highest BCUT2D eigenvalue weighted by Gasteiger charge is 2.35. The van der Waals surface area contributed by atoms with E-state index >= 15 is 0 Å². The second kappa shape index (κ2) is 6.35. The summed E-state index contributed by atoms with van der Waals surface area (Å²) in [4.78, 5) is 2.61. The van der Waals surface area contributed by atoms with Gasteiger partial charge in [0.2, 0.25) is 0 Å². The molecule has 2 bridgehead atoms. The predicted molar refractivity (Wildman–Crippen MR) is 88.2 cm³/mol. The number of fused-ring (bicyclic) bond motifs is 2. The largest absolute Gasteiger partial charge is 0.311 e. The van der Waals surface area contributed by atoms with Gasteiger partial charge in [-0.3, -0.25) is 4.90 Å². The van der Waals surface area contributed by atoms with Crippen LogP contribution in [0.25, 0.3) is 0 Å². The number of rotatable bonds is 4. The van der Waals surface area contributed by atoms with E-state index in [2.05, 4.69) is 45.2 Å². The minimum atomic E-state index is 0.713. The van der Waals surface area contributed by atoms with Gasteiger partial charge in [-0.05, 0) is 56.0 Å². The Kier molecular flexibility index (Phi) is 4.71. The van der Waals surface area contributed by atoms with E-state index in [9.17, 15) is 0 Å². The molecule has 4 heteroatoms. The maximum Gasteiger partial charge on any atom is 0.0410 e.